The summed E-state index contributed by atoms with van der Waals surface area (Å²) in [7, 11) is 0. The third kappa shape index (κ3) is 4.56. The van der Waals surface area contributed by atoms with E-state index in [2.05, 4.69) is 21.2 Å². The van der Waals surface area contributed by atoms with Crippen molar-refractivity contribution in [2.24, 2.45) is 0 Å². The van der Waals surface area contributed by atoms with Gasteiger partial charge in [-0.3, -0.25) is 10.1 Å². The normalized spacial score (nSPS) is 10.0. The average molecular weight is 365 g/mol. The summed E-state index contributed by atoms with van der Waals surface area (Å²) >= 11 is 3.18. The molecule has 0 bridgehead atoms. The second-order valence-corrected chi connectivity index (χ2v) is 5.36. The number of nitro groups is 1. The fourth-order valence-electron chi connectivity index (χ4n) is 1.80. The molecule has 1 N–H and O–H groups in total. The molecular weight excluding hydrogens is 352 g/mol. The van der Waals surface area contributed by atoms with Gasteiger partial charge in [-0.15, -0.1) is 0 Å². The van der Waals surface area contributed by atoms with Gasteiger partial charge in [0.1, 0.15) is 6.61 Å². The second-order valence-electron chi connectivity index (χ2n) is 4.45. The Morgan fingerprint density at radius 1 is 1.23 bits per heavy atom. The Labute approximate surface area is 135 Å². The molecule has 0 heterocycles. The topological polar surface area (TPSA) is 81.5 Å². The van der Waals surface area contributed by atoms with Crippen LogP contribution in [0.3, 0.4) is 0 Å². The van der Waals surface area contributed by atoms with Gasteiger partial charge in [-0.2, -0.15) is 0 Å². The maximum absolute atomic E-state index is 11.6. The zero-order valence-electron chi connectivity index (χ0n) is 11.5. The van der Waals surface area contributed by atoms with Crippen molar-refractivity contribution in [2.45, 2.75) is 13.2 Å². The van der Waals surface area contributed by atoms with Crippen molar-refractivity contribution in [2.75, 3.05) is 0 Å². The van der Waals surface area contributed by atoms with Gasteiger partial charge >= 0.3 is 6.09 Å². The first-order chi connectivity index (χ1) is 10.6. The van der Waals surface area contributed by atoms with Crippen LogP contribution in [0, 0.1) is 10.1 Å². The van der Waals surface area contributed by atoms with E-state index in [9.17, 15) is 14.9 Å². The van der Waals surface area contributed by atoms with Crippen LogP contribution in [0.25, 0.3) is 0 Å². The summed E-state index contributed by atoms with van der Waals surface area (Å²) in [5.74, 6) is 0. The molecule has 6 nitrogen and oxygen atoms in total. The van der Waals surface area contributed by atoms with Crippen LogP contribution in [0.5, 0.6) is 0 Å². The lowest BCUT2D eigenvalue weighted by Crippen LogP contribution is -2.24. The van der Waals surface area contributed by atoms with E-state index in [0.717, 1.165) is 5.56 Å². The van der Waals surface area contributed by atoms with E-state index in [1.165, 1.54) is 6.07 Å². The number of amides is 1. The standard InChI is InChI=1S/C15H13BrN2O4/c16-13-7-6-12(14(8-13)18(20)21)9-17-15(19)22-10-11-4-2-1-3-5-11/h1-8H,9-10H2,(H,17,19). The molecule has 114 valence electrons. The quantitative estimate of drug-likeness (QED) is 0.646. The first kappa shape index (κ1) is 16.0. The molecule has 0 aromatic heterocycles. The van der Waals surface area contributed by atoms with Crippen molar-refractivity contribution < 1.29 is 14.5 Å². The van der Waals surface area contributed by atoms with Gasteiger partial charge in [0.05, 0.1) is 11.5 Å². The number of carbonyl (C=O) groups excluding carboxylic acids is 1. The van der Waals surface area contributed by atoms with Crippen molar-refractivity contribution in [1.82, 2.24) is 5.32 Å². The van der Waals surface area contributed by atoms with Crippen LogP contribution in [0.1, 0.15) is 11.1 Å². The third-order valence-electron chi connectivity index (χ3n) is 2.88. The summed E-state index contributed by atoms with van der Waals surface area (Å²) in [4.78, 5) is 22.1. The minimum absolute atomic E-state index is 0.0250. The van der Waals surface area contributed by atoms with Crippen LogP contribution in [-0.4, -0.2) is 11.0 Å². The van der Waals surface area contributed by atoms with E-state index >= 15 is 0 Å². The largest absolute Gasteiger partial charge is 0.445 e. The van der Waals surface area contributed by atoms with Gasteiger partial charge in [-0.05, 0) is 17.7 Å². The Balaban J connectivity index is 1.90. The minimum atomic E-state index is -0.624. The first-order valence-electron chi connectivity index (χ1n) is 6.43. The van der Waals surface area contributed by atoms with Gasteiger partial charge in [0, 0.05) is 16.1 Å². The molecule has 0 unspecified atom stereocenters. The maximum Gasteiger partial charge on any atom is 0.407 e. The highest BCUT2D eigenvalue weighted by Gasteiger charge is 2.15. The van der Waals surface area contributed by atoms with E-state index in [0.29, 0.717) is 10.0 Å². The summed E-state index contributed by atoms with van der Waals surface area (Å²) in [6.07, 6.45) is -0.624. The van der Waals surface area contributed by atoms with Gasteiger partial charge in [0.25, 0.3) is 5.69 Å². The zero-order chi connectivity index (χ0) is 15.9. The molecule has 0 saturated carbocycles. The van der Waals surface area contributed by atoms with Gasteiger partial charge in [0.2, 0.25) is 0 Å². The molecule has 2 aromatic carbocycles. The highest BCUT2D eigenvalue weighted by atomic mass is 79.9. The number of benzene rings is 2. The molecular formula is C15H13BrN2O4. The first-order valence-corrected chi connectivity index (χ1v) is 7.23. The van der Waals surface area contributed by atoms with Crippen LogP contribution in [0.4, 0.5) is 10.5 Å². The van der Waals surface area contributed by atoms with Crippen LogP contribution in [-0.2, 0) is 17.9 Å². The predicted molar refractivity (Wildman–Crippen MR) is 84.3 cm³/mol. The van der Waals surface area contributed by atoms with E-state index in [-0.39, 0.29) is 18.8 Å². The Bertz CT molecular complexity index is 676. The van der Waals surface area contributed by atoms with Crippen LogP contribution in [0.15, 0.2) is 53.0 Å². The summed E-state index contributed by atoms with van der Waals surface area (Å²) in [5.41, 5.74) is 1.22. The lowest BCUT2D eigenvalue weighted by Gasteiger charge is -2.08. The maximum atomic E-state index is 11.6. The summed E-state index contributed by atoms with van der Waals surface area (Å²) in [5, 5.41) is 13.5. The number of nitrogens with one attached hydrogen (secondary N) is 1. The number of nitro benzene ring substituents is 1. The highest BCUT2D eigenvalue weighted by molar-refractivity contribution is 9.10. The monoisotopic (exact) mass is 364 g/mol. The molecule has 0 aliphatic rings. The van der Waals surface area contributed by atoms with Crippen molar-refractivity contribution in [3.63, 3.8) is 0 Å². The summed E-state index contributed by atoms with van der Waals surface area (Å²) in [6.45, 7) is 0.173. The van der Waals surface area contributed by atoms with Crippen molar-refractivity contribution in [1.29, 1.82) is 0 Å². The number of ether oxygens (including phenoxy) is 1. The Hall–Kier alpha value is -2.41. The Morgan fingerprint density at radius 3 is 2.64 bits per heavy atom. The molecule has 0 spiro atoms. The molecule has 0 aliphatic heterocycles. The molecule has 22 heavy (non-hydrogen) atoms. The van der Waals surface area contributed by atoms with Gasteiger partial charge in [0.15, 0.2) is 0 Å². The fraction of sp³-hybridized carbons (Fsp3) is 0.133. The lowest BCUT2D eigenvalue weighted by molar-refractivity contribution is -0.385. The molecule has 2 aromatic rings. The highest BCUT2D eigenvalue weighted by Crippen LogP contribution is 2.23. The zero-order valence-corrected chi connectivity index (χ0v) is 13.1. The van der Waals surface area contributed by atoms with E-state index in [1.54, 1.807) is 12.1 Å². The molecule has 0 aliphatic carbocycles. The van der Waals surface area contributed by atoms with E-state index in [1.807, 2.05) is 30.3 Å². The fourth-order valence-corrected chi connectivity index (χ4v) is 2.15. The van der Waals surface area contributed by atoms with Crippen LogP contribution < -0.4 is 5.32 Å². The lowest BCUT2D eigenvalue weighted by atomic mass is 10.2. The van der Waals surface area contributed by atoms with E-state index < -0.39 is 11.0 Å². The van der Waals surface area contributed by atoms with Crippen molar-refractivity contribution in [3.8, 4) is 0 Å². The number of carbonyl (C=O) groups is 1. The van der Waals surface area contributed by atoms with Crippen molar-refractivity contribution in [3.05, 3.63) is 74.2 Å². The molecule has 0 fully saturated rings. The molecule has 0 saturated heterocycles. The SMILES string of the molecule is O=C(NCc1ccc(Br)cc1[N+](=O)[O-])OCc1ccccc1. The molecule has 0 atom stereocenters. The summed E-state index contributed by atoms with van der Waals surface area (Å²) < 4.78 is 5.65. The predicted octanol–water partition coefficient (Wildman–Crippen LogP) is 3.78. The Kier molecular flexibility index (Phi) is 5.48. The number of halogens is 1. The number of alkyl carbamates (subject to hydrolysis) is 1. The average Bonchev–Trinajstić information content (AvgIpc) is 2.52. The van der Waals surface area contributed by atoms with Gasteiger partial charge in [-0.25, -0.2) is 4.79 Å². The van der Waals surface area contributed by atoms with E-state index in [4.69, 9.17) is 4.74 Å². The number of nitrogens with zero attached hydrogens (tertiary/aromatic N) is 1. The minimum Gasteiger partial charge on any atom is -0.445 e. The number of rotatable bonds is 5. The van der Waals surface area contributed by atoms with Crippen LogP contribution >= 0.6 is 15.9 Å². The smallest absolute Gasteiger partial charge is 0.407 e. The van der Waals surface area contributed by atoms with Crippen LogP contribution in [0.2, 0.25) is 0 Å². The van der Waals surface area contributed by atoms with Crippen molar-refractivity contribution >= 4 is 27.7 Å². The molecule has 7 heteroatoms. The Morgan fingerprint density at radius 2 is 1.95 bits per heavy atom. The second kappa shape index (κ2) is 7.56. The molecule has 2 rings (SSSR count). The number of hydrogen-bond donors (Lipinski definition) is 1. The molecule has 0 radical (unpaired) electrons. The van der Waals surface area contributed by atoms with Gasteiger partial charge < -0.3 is 10.1 Å². The third-order valence-corrected chi connectivity index (χ3v) is 3.37. The summed E-state index contributed by atoms with van der Waals surface area (Å²) in [6, 6.07) is 13.9. The molecule has 1 amide bonds. The number of hydrogen-bond acceptors (Lipinski definition) is 4. The van der Waals surface area contributed by atoms with Gasteiger partial charge in [-0.1, -0.05) is 46.3 Å².